The summed E-state index contributed by atoms with van der Waals surface area (Å²) in [6, 6.07) is 9.82. The Morgan fingerprint density at radius 2 is 1.74 bits per heavy atom. The molecule has 1 aromatic carbocycles. The second-order valence-corrected chi connectivity index (χ2v) is 5.52. The van der Waals surface area contributed by atoms with Crippen molar-refractivity contribution in [3.8, 4) is 0 Å². The molecule has 1 aliphatic rings. The van der Waals surface area contributed by atoms with Gasteiger partial charge in [-0.1, -0.05) is 56.0 Å². The first-order valence-electron chi connectivity index (χ1n) is 7.34. The molecule has 0 aliphatic heterocycles. The summed E-state index contributed by atoms with van der Waals surface area (Å²) in [5, 5.41) is 0. The van der Waals surface area contributed by atoms with E-state index in [9.17, 15) is 9.59 Å². The second-order valence-electron chi connectivity index (χ2n) is 5.52. The molecular weight excluding hydrogens is 236 g/mol. The fourth-order valence-electron chi connectivity index (χ4n) is 2.95. The van der Waals surface area contributed by atoms with E-state index in [1.807, 2.05) is 30.3 Å². The van der Waals surface area contributed by atoms with Crippen molar-refractivity contribution >= 4 is 12.1 Å². The molecule has 1 aliphatic carbocycles. The van der Waals surface area contributed by atoms with Crippen LogP contribution in [0, 0.1) is 11.8 Å². The number of carbonyl (C=O) groups is 2. The van der Waals surface area contributed by atoms with Crippen molar-refractivity contribution in [2.45, 2.75) is 44.9 Å². The lowest BCUT2D eigenvalue weighted by molar-refractivity contribution is -0.130. The van der Waals surface area contributed by atoms with E-state index in [0.717, 1.165) is 37.5 Å². The highest BCUT2D eigenvalue weighted by atomic mass is 16.1. The van der Waals surface area contributed by atoms with Gasteiger partial charge in [0.25, 0.3) is 0 Å². The Balaban J connectivity index is 2.00. The molecule has 1 aromatic rings. The normalized spacial score (nSPS) is 18.5. The van der Waals surface area contributed by atoms with Crippen LogP contribution in [-0.2, 0) is 16.0 Å². The maximum Gasteiger partial charge on any atom is 0.146 e. The average molecular weight is 258 g/mol. The molecule has 0 saturated heterocycles. The summed E-state index contributed by atoms with van der Waals surface area (Å²) in [5.41, 5.74) is 1.07. The van der Waals surface area contributed by atoms with Gasteiger partial charge in [-0.2, -0.15) is 0 Å². The molecule has 19 heavy (non-hydrogen) atoms. The minimum atomic E-state index is -0.453. The van der Waals surface area contributed by atoms with E-state index >= 15 is 0 Å². The first-order chi connectivity index (χ1) is 9.31. The van der Waals surface area contributed by atoms with Crippen LogP contribution >= 0.6 is 0 Å². The zero-order chi connectivity index (χ0) is 13.5. The number of hydrogen-bond acceptors (Lipinski definition) is 2. The Hall–Kier alpha value is -1.44. The monoisotopic (exact) mass is 258 g/mol. The van der Waals surface area contributed by atoms with Gasteiger partial charge >= 0.3 is 0 Å². The van der Waals surface area contributed by atoms with Crippen LogP contribution in [0.15, 0.2) is 30.3 Å². The topological polar surface area (TPSA) is 34.1 Å². The number of Topliss-reactive ketones (excluding diaryl/α,β-unsaturated/α-hetero) is 1. The van der Waals surface area contributed by atoms with E-state index in [4.69, 9.17) is 0 Å². The van der Waals surface area contributed by atoms with Crippen molar-refractivity contribution in [3.63, 3.8) is 0 Å². The van der Waals surface area contributed by atoms with Crippen molar-refractivity contribution in [3.05, 3.63) is 35.9 Å². The van der Waals surface area contributed by atoms with Crippen LogP contribution in [0.2, 0.25) is 0 Å². The largest absolute Gasteiger partial charge is 0.303 e. The van der Waals surface area contributed by atoms with Gasteiger partial charge in [0.1, 0.15) is 12.1 Å². The van der Waals surface area contributed by atoms with Crippen molar-refractivity contribution in [1.29, 1.82) is 0 Å². The minimum Gasteiger partial charge on any atom is -0.303 e. The van der Waals surface area contributed by atoms with Gasteiger partial charge in [0.2, 0.25) is 0 Å². The molecule has 1 unspecified atom stereocenters. The Bertz CT molecular complexity index is 403. The minimum absolute atomic E-state index is 0.112. The van der Waals surface area contributed by atoms with Gasteiger partial charge in [-0.05, 0) is 24.8 Å². The first-order valence-corrected chi connectivity index (χ1v) is 7.34. The van der Waals surface area contributed by atoms with Crippen LogP contribution in [0.5, 0.6) is 0 Å². The molecular formula is C17H22O2. The molecule has 0 aromatic heterocycles. The van der Waals surface area contributed by atoms with Crippen LogP contribution in [0.25, 0.3) is 0 Å². The van der Waals surface area contributed by atoms with Crippen molar-refractivity contribution in [2.24, 2.45) is 11.8 Å². The Morgan fingerprint density at radius 3 is 2.32 bits per heavy atom. The summed E-state index contributed by atoms with van der Waals surface area (Å²) in [7, 11) is 0. The lowest BCUT2D eigenvalue weighted by Crippen LogP contribution is -2.26. The number of hydrogen-bond donors (Lipinski definition) is 0. The molecule has 1 fully saturated rings. The van der Waals surface area contributed by atoms with E-state index < -0.39 is 5.92 Å². The lowest BCUT2D eigenvalue weighted by atomic mass is 9.85. The molecule has 0 N–H and O–H groups in total. The Kier molecular flexibility index (Phi) is 5.31. The first kappa shape index (κ1) is 14.0. The number of rotatable bonds is 5. The van der Waals surface area contributed by atoms with Gasteiger partial charge in [-0.25, -0.2) is 0 Å². The van der Waals surface area contributed by atoms with E-state index in [1.165, 1.54) is 12.8 Å². The third-order valence-corrected chi connectivity index (χ3v) is 4.09. The third-order valence-electron chi connectivity index (χ3n) is 4.09. The molecule has 0 heterocycles. The Morgan fingerprint density at radius 1 is 1.11 bits per heavy atom. The number of aldehydes is 1. The van der Waals surface area contributed by atoms with E-state index in [0.29, 0.717) is 6.42 Å². The van der Waals surface area contributed by atoms with E-state index in [-0.39, 0.29) is 11.7 Å². The van der Waals surface area contributed by atoms with Crippen LogP contribution in [-0.4, -0.2) is 12.1 Å². The quantitative estimate of drug-likeness (QED) is 0.459. The molecule has 1 saturated carbocycles. The zero-order valence-corrected chi connectivity index (χ0v) is 11.4. The molecule has 0 radical (unpaired) electrons. The van der Waals surface area contributed by atoms with Crippen molar-refractivity contribution in [2.75, 3.05) is 0 Å². The summed E-state index contributed by atoms with van der Waals surface area (Å²) in [6.07, 6.45) is 8.07. The molecule has 0 spiro atoms. The fourth-order valence-corrected chi connectivity index (χ4v) is 2.95. The third kappa shape index (κ3) is 4.02. The average Bonchev–Trinajstić information content (AvgIpc) is 2.74. The molecule has 2 nitrogen and oxygen atoms in total. The van der Waals surface area contributed by atoms with E-state index in [2.05, 4.69) is 0 Å². The maximum atomic E-state index is 12.5. The predicted octanol–water partition coefficient (Wildman–Crippen LogP) is 3.58. The standard InChI is InChI=1S/C17H22O2/c18-13-16(12-14-8-4-3-5-9-14)17(19)15-10-6-1-2-7-11-15/h3-5,8-9,13,15-16H,1-2,6-7,10-12H2. The van der Waals surface area contributed by atoms with Crippen molar-refractivity contribution < 1.29 is 9.59 Å². The maximum absolute atomic E-state index is 12.5. The molecule has 1 atom stereocenters. The van der Waals surface area contributed by atoms with Crippen LogP contribution in [0.1, 0.15) is 44.1 Å². The number of ketones is 1. The number of carbonyl (C=O) groups excluding carboxylic acids is 2. The lowest BCUT2D eigenvalue weighted by Gasteiger charge is -2.17. The fraction of sp³-hybridized carbons (Fsp3) is 0.529. The smallest absolute Gasteiger partial charge is 0.146 e. The molecule has 102 valence electrons. The van der Waals surface area contributed by atoms with Gasteiger partial charge in [0.15, 0.2) is 0 Å². The molecule has 2 heteroatoms. The highest BCUT2D eigenvalue weighted by Crippen LogP contribution is 2.26. The SMILES string of the molecule is O=CC(Cc1ccccc1)C(=O)C1CCCCCC1. The summed E-state index contributed by atoms with van der Waals surface area (Å²) < 4.78 is 0. The molecule has 0 amide bonds. The highest BCUT2D eigenvalue weighted by Gasteiger charge is 2.27. The van der Waals surface area contributed by atoms with Gasteiger partial charge in [-0.15, -0.1) is 0 Å². The van der Waals surface area contributed by atoms with Crippen LogP contribution in [0.3, 0.4) is 0 Å². The molecule has 0 bridgehead atoms. The Labute approximate surface area is 115 Å². The van der Waals surface area contributed by atoms with Crippen molar-refractivity contribution in [1.82, 2.24) is 0 Å². The van der Waals surface area contributed by atoms with Gasteiger partial charge < -0.3 is 4.79 Å². The highest BCUT2D eigenvalue weighted by molar-refractivity contribution is 5.95. The van der Waals surface area contributed by atoms with Gasteiger partial charge in [0.05, 0.1) is 5.92 Å². The molecule has 2 rings (SSSR count). The summed E-state index contributed by atoms with van der Waals surface area (Å²) >= 11 is 0. The van der Waals surface area contributed by atoms with Gasteiger partial charge in [0, 0.05) is 5.92 Å². The van der Waals surface area contributed by atoms with E-state index in [1.54, 1.807) is 0 Å². The predicted molar refractivity (Wildman–Crippen MR) is 75.9 cm³/mol. The zero-order valence-electron chi connectivity index (χ0n) is 11.4. The van der Waals surface area contributed by atoms with Gasteiger partial charge in [-0.3, -0.25) is 4.79 Å². The van der Waals surface area contributed by atoms with Crippen LogP contribution < -0.4 is 0 Å². The van der Waals surface area contributed by atoms with Crippen LogP contribution in [0.4, 0.5) is 0 Å². The summed E-state index contributed by atoms with van der Waals surface area (Å²) in [6.45, 7) is 0. The number of benzene rings is 1. The summed E-state index contributed by atoms with van der Waals surface area (Å²) in [4.78, 5) is 23.7. The second kappa shape index (κ2) is 7.22. The summed E-state index contributed by atoms with van der Waals surface area (Å²) in [5.74, 6) is -0.173.